The van der Waals surface area contributed by atoms with Gasteiger partial charge in [0.2, 0.25) is 0 Å². The lowest BCUT2D eigenvalue weighted by atomic mass is 10.2. The van der Waals surface area contributed by atoms with Crippen molar-refractivity contribution in [2.45, 2.75) is 39.0 Å². The molecule has 0 spiro atoms. The molecule has 0 fully saturated rings. The average molecular weight is 305 g/mol. The fourth-order valence-corrected chi connectivity index (χ4v) is 1.61. The Morgan fingerprint density at radius 1 is 0.810 bits per heavy atom. The Kier molecular flexibility index (Phi) is 16.8. The Labute approximate surface area is 128 Å². The van der Waals surface area contributed by atoms with Crippen LogP contribution in [-0.2, 0) is 23.7 Å². The van der Waals surface area contributed by atoms with Gasteiger partial charge in [-0.25, -0.2) is 0 Å². The van der Waals surface area contributed by atoms with Crippen molar-refractivity contribution in [2.24, 2.45) is 5.73 Å². The molecule has 2 N–H and O–H groups in total. The number of unbranched alkanes of at least 4 members (excludes halogenated alkanes) is 3. The number of hydrogen-bond donors (Lipinski definition) is 1. The average Bonchev–Trinajstić information content (AvgIpc) is 2.49. The summed E-state index contributed by atoms with van der Waals surface area (Å²) in [7, 11) is 0. The molecule has 0 atom stereocenters. The SMILES string of the molecule is CCCCCCC(=O)OCCOCCOCCOCCN. The highest BCUT2D eigenvalue weighted by atomic mass is 16.6. The molecule has 6 heteroatoms. The molecule has 126 valence electrons. The predicted molar refractivity (Wildman–Crippen MR) is 81.2 cm³/mol. The molecule has 0 aliphatic rings. The van der Waals surface area contributed by atoms with Crippen molar-refractivity contribution in [3.63, 3.8) is 0 Å². The summed E-state index contributed by atoms with van der Waals surface area (Å²) in [6.45, 7) is 6.04. The van der Waals surface area contributed by atoms with Gasteiger partial charge >= 0.3 is 5.97 Å². The number of nitrogens with two attached hydrogens (primary N) is 1. The molecule has 0 aromatic carbocycles. The zero-order valence-corrected chi connectivity index (χ0v) is 13.3. The normalized spacial score (nSPS) is 10.8. The molecule has 0 aromatic heterocycles. The van der Waals surface area contributed by atoms with Crippen LogP contribution in [0.4, 0.5) is 0 Å². The number of hydrogen-bond acceptors (Lipinski definition) is 6. The number of carbonyl (C=O) groups excluding carboxylic acids is 1. The van der Waals surface area contributed by atoms with Crippen LogP contribution in [0.15, 0.2) is 0 Å². The van der Waals surface area contributed by atoms with E-state index in [1.54, 1.807) is 0 Å². The van der Waals surface area contributed by atoms with Crippen LogP contribution in [0.3, 0.4) is 0 Å². The van der Waals surface area contributed by atoms with Gasteiger partial charge in [-0.05, 0) is 6.42 Å². The summed E-state index contributed by atoms with van der Waals surface area (Å²) in [5.74, 6) is -0.136. The lowest BCUT2D eigenvalue weighted by molar-refractivity contribution is -0.145. The molecule has 0 unspecified atom stereocenters. The van der Waals surface area contributed by atoms with Gasteiger partial charge in [0.1, 0.15) is 6.61 Å². The van der Waals surface area contributed by atoms with E-state index in [-0.39, 0.29) is 5.97 Å². The van der Waals surface area contributed by atoms with E-state index in [9.17, 15) is 4.79 Å². The fraction of sp³-hybridized carbons (Fsp3) is 0.933. The van der Waals surface area contributed by atoms with Gasteiger partial charge in [-0.1, -0.05) is 26.2 Å². The highest BCUT2D eigenvalue weighted by Gasteiger charge is 2.01. The molecule has 0 amide bonds. The Hall–Kier alpha value is -0.690. The van der Waals surface area contributed by atoms with Crippen LogP contribution in [0, 0.1) is 0 Å². The molecular weight excluding hydrogens is 274 g/mol. The van der Waals surface area contributed by atoms with Crippen LogP contribution >= 0.6 is 0 Å². The Morgan fingerprint density at radius 2 is 1.38 bits per heavy atom. The molecule has 0 saturated heterocycles. The Morgan fingerprint density at radius 3 is 1.95 bits per heavy atom. The third-order valence-electron chi connectivity index (χ3n) is 2.73. The van der Waals surface area contributed by atoms with Crippen LogP contribution in [-0.4, -0.2) is 58.8 Å². The predicted octanol–water partition coefficient (Wildman–Crippen LogP) is 1.51. The van der Waals surface area contributed by atoms with Gasteiger partial charge in [0.15, 0.2) is 0 Å². The summed E-state index contributed by atoms with van der Waals surface area (Å²) in [6, 6.07) is 0. The number of esters is 1. The van der Waals surface area contributed by atoms with Gasteiger partial charge in [0, 0.05) is 13.0 Å². The molecule has 0 bridgehead atoms. The van der Waals surface area contributed by atoms with Crippen molar-refractivity contribution < 1.29 is 23.7 Å². The molecule has 6 nitrogen and oxygen atoms in total. The first-order chi connectivity index (χ1) is 10.3. The fourth-order valence-electron chi connectivity index (χ4n) is 1.61. The second-order valence-corrected chi connectivity index (χ2v) is 4.66. The summed E-state index contributed by atoms with van der Waals surface area (Å²) in [5.41, 5.74) is 5.28. The highest BCUT2D eigenvalue weighted by Crippen LogP contribution is 2.03. The molecule has 0 aromatic rings. The smallest absolute Gasteiger partial charge is 0.305 e. The van der Waals surface area contributed by atoms with Crippen molar-refractivity contribution in [1.82, 2.24) is 0 Å². The van der Waals surface area contributed by atoms with E-state index in [2.05, 4.69) is 6.92 Å². The summed E-state index contributed by atoms with van der Waals surface area (Å²) in [4.78, 5) is 11.3. The van der Waals surface area contributed by atoms with E-state index in [4.69, 9.17) is 24.7 Å². The quantitative estimate of drug-likeness (QED) is 0.344. The van der Waals surface area contributed by atoms with E-state index in [0.29, 0.717) is 59.2 Å². The minimum Gasteiger partial charge on any atom is -0.463 e. The number of ether oxygens (including phenoxy) is 4. The van der Waals surface area contributed by atoms with E-state index >= 15 is 0 Å². The molecular formula is C15H31NO5. The van der Waals surface area contributed by atoms with Gasteiger partial charge in [-0.15, -0.1) is 0 Å². The summed E-state index contributed by atoms with van der Waals surface area (Å²) < 4.78 is 20.8. The second-order valence-electron chi connectivity index (χ2n) is 4.66. The Balaban J connectivity index is 3.09. The first kappa shape index (κ1) is 20.3. The van der Waals surface area contributed by atoms with Crippen LogP contribution in [0.25, 0.3) is 0 Å². The van der Waals surface area contributed by atoms with Crippen LogP contribution < -0.4 is 5.73 Å². The molecule has 0 aliphatic heterocycles. The second kappa shape index (κ2) is 17.4. The van der Waals surface area contributed by atoms with Crippen LogP contribution in [0.1, 0.15) is 39.0 Å². The first-order valence-corrected chi connectivity index (χ1v) is 7.90. The molecule has 21 heavy (non-hydrogen) atoms. The lowest BCUT2D eigenvalue weighted by Crippen LogP contribution is -2.15. The molecule has 0 aliphatic carbocycles. The van der Waals surface area contributed by atoms with Crippen molar-refractivity contribution >= 4 is 5.97 Å². The van der Waals surface area contributed by atoms with Gasteiger partial charge in [0.05, 0.1) is 39.6 Å². The number of rotatable bonds is 16. The maximum absolute atomic E-state index is 11.3. The number of carbonyl (C=O) groups is 1. The van der Waals surface area contributed by atoms with Crippen molar-refractivity contribution in [1.29, 1.82) is 0 Å². The maximum Gasteiger partial charge on any atom is 0.305 e. The van der Waals surface area contributed by atoms with E-state index in [1.165, 1.54) is 12.8 Å². The molecule has 0 saturated carbocycles. The molecule has 0 radical (unpaired) electrons. The van der Waals surface area contributed by atoms with E-state index in [0.717, 1.165) is 12.8 Å². The summed E-state index contributed by atoms with van der Waals surface area (Å²) in [6.07, 6.45) is 4.85. The van der Waals surface area contributed by atoms with Gasteiger partial charge in [-0.3, -0.25) is 4.79 Å². The standard InChI is InChI=1S/C15H31NO5/c1-2-3-4-5-6-15(17)21-14-13-20-12-11-19-10-9-18-8-7-16/h2-14,16H2,1H3. The first-order valence-electron chi connectivity index (χ1n) is 7.90. The van der Waals surface area contributed by atoms with E-state index < -0.39 is 0 Å². The third kappa shape index (κ3) is 17.3. The monoisotopic (exact) mass is 305 g/mol. The van der Waals surface area contributed by atoms with Gasteiger partial charge in [-0.2, -0.15) is 0 Å². The molecule has 0 rings (SSSR count). The Bertz CT molecular complexity index is 226. The van der Waals surface area contributed by atoms with E-state index in [1.807, 2.05) is 0 Å². The summed E-state index contributed by atoms with van der Waals surface area (Å²) in [5, 5.41) is 0. The lowest BCUT2D eigenvalue weighted by Gasteiger charge is -2.07. The zero-order valence-electron chi connectivity index (χ0n) is 13.3. The minimum atomic E-state index is -0.136. The highest BCUT2D eigenvalue weighted by molar-refractivity contribution is 5.69. The third-order valence-corrected chi connectivity index (χ3v) is 2.73. The van der Waals surface area contributed by atoms with Crippen molar-refractivity contribution in [2.75, 3.05) is 52.8 Å². The maximum atomic E-state index is 11.3. The van der Waals surface area contributed by atoms with Crippen LogP contribution in [0.5, 0.6) is 0 Å². The minimum absolute atomic E-state index is 0.136. The van der Waals surface area contributed by atoms with Gasteiger partial charge in [0.25, 0.3) is 0 Å². The van der Waals surface area contributed by atoms with Crippen molar-refractivity contribution in [3.05, 3.63) is 0 Å². The summed E-state index contributed by atoms with van der Waals surface area (Å²) >= 11 is 0. The topological polar surface area (TPSA) is 80.0 Å². The zero-order chi connectivity index (χ0) is 15.6. The van der Waals surface area contributed by atoms with Crippen LogP contribution in [0.2, 0.25) is 0 Å². The largest absolute Gasteiger partial charge is 0.463 e. The van der Waals surface area contributed by atoms with Gasteiger partial charge < -0.3 is 24.7 Å². The van der Waals surface area contributed by atoms with Crippen molar-refractivity contribution in [3.8, 4) is 0 Å². The molecule has 0 heterocycles.